The van der Waals surface area contributed by atoms with Crippen molar-refractivity contribution in [3.63, 3.8) is 0 Å². The molecule has 7 aromatic carbocycles. The number of aromatic nitrogens is 3. The van der Waals surface area contributed by atoms with Crippen LogP contribution in [0.2, 0.25) is 0 Å². The Balaban J connectivity index is 1.11. The molecule has 1 atom stereocenters. The van der Waals surface area contributed by atoms with Gasteiger partial charge in [0, 0.05) is 39.9 Å². The normalized spacial score (nSPS) is 14.9. The topological polar surface area (TPSA) is 51.8 Å². The molecular weight excluding hydrogens is 707 g/mol. The van der Waals surface area contributed by atoms with Gasteiger partial charge in [0.2, 0.25) is 0 Å². The highest BCUT2D eigenvalue weighted by atomic mass is 16.3. The highest BCUT2D eigenvalue weighted by Crippen LogP contribution is 2.59. The summed E-state index contributed by atoms with van der Waals surface area (Å²) >= 11 is 0. The maximum atomic E-state index is 6.50. The van der Waals surface area contributed by atoms with E-state index in [2.05, 4.69) is 175 Å². The van der Waals surface area contributed by atoms with Gasteiger partial charge in [-0.2, -0.15) is 0 Å². The number of fused-ring (bicyclic) bond motifs is 12. The monoisotopic (exact) mass is 739 g/mol. The first-order chi connectivity index (χ1) is 28.7. The second-order valence-corrected chi connectivity index (χ2v) is 15.2. The van der Waals surface area contributed by atoms with E-state index in [0.717, 1.165) is 66.7 Å². The van der Waals surface area contributed by atoms with Crippen molar-refractivity contribution in [1.82, 2.24) is 15.0 Å². The van der Waals surface area contributed by atoms with Gasteiger partial charge in [-0.3, -0.25) is 4.98 Å². The van der Waals surface area contributed by atoms with Gasteiger partial charge in [-0.25, -0.2) is 9.97 Å². The Bertz CT molecular complexity index is 3270. The summed E-state index contributed by atoms with van der Waals surface area (Å²) in [7, 11) is 0. The van der Waals surface area contributed by atoms with Crippen LogP contribution in [0.4, 0.5) is 0 Å². The Kier molecular flexibility index (Phi) is 7.11. The number of hydrogen-bond donors (Lipinski definition) is 0. The van der Waals surface area contributed by atoms with E-state index in [1.54, 1.807) is 6.20 Å². The third kappa shape index (κ3) is 4.85. The molecule has 12 rings (SSSR count). The second kappa shape index (κ2) is 12.7. The maximum Gasteiger partial charge on any atom is 0.160 e. The molecule has 0 N–H and O–H groups in total. The molecule has 0 bridgehead atoms. The number of hydrogen-bond acceptors (Lipinski definition) is 4. The molecule has 58 heavy (non-hydrogen) atoms. The molecule has 3 heterocycles. The number of furan rings is 1. The van der Waals surface area contributed by atoms with Crippen molar-refractivity contribution in [2.75, 3.05) is 0 Å². The van der Waals surface area contributed by atoms with Crippen molar-refractivity contribution in [3.05, 3.63) is 222 Å². The average molecular weight is 740 g/mol. The lowest BCUT2D eigenvalue weighted by Gasteiger charge is -2.35. The molecule has 0 aliphatic heterocycles. The van der Waals surface area contributed by atoms with E-state index < -0.39 is 5.41 Å². The van der Waals surface area contributed by atoms with Gasteiger partial charge in [0.15, 0.2) is 5.82 Å². The van der Waals surface area contributed by atoms with Gasteiger partial charge in [0.05, 0.1) is 16.8 Å². The van der Waals surface area contributed by atoms with Crippen LogP contribution >= 0.6 is 0 Å². The van der Waals surface area contributed by atoms with Crippen molar-refractivity contribution < 1.29 is 4.42 Å². The van der Waals surface area contributed by atoms with Gasteiger partial charge in [0.25, 0.3) is 0 Å². The van der Waals surface area contributed by atoms with E-state index in [-0.39, 0.29) is 0 Å². The van der Waals surface area contributed by atoms with E-state index in [0.29, 0.717) is 5.82 Å². The second-order valence-electron chi connectivity index (χ2n) is 15.2. The maximum absolute atomic E-state index is 6.50. The smallest absolute Gasteiger partial charge is 0.160 e. The summed E-state index contributed by atoms with van der Waals surface area (Å²) in [5, 5.41) is 2.24. The van der Waals surface area contributed by atoms with Gasteiger partial charge >= 0.3 is 0 Å². The van der Waals surface area contributed by atoms with Crippen LogP contribution < -0.4 is 0 Å². The fourth-order valence-corrected chi connectivity index (χ4v) is 9.40. The van der Waals surface area contributed by atoms with Gasteiger partial charge in [-0.15, -0.1) is 0 Å². The molecule has 4 heteroatoms. The van der Waals surface area contributed by atoms with Crippen molar-refractivity contribution in [2.24, 2.45) is 0 Å². The molecule has 2 aliphatic rings. The number of pyridine rings is 1. The van der Waals surface area contributed by atoms with Crippen LogP contribution in [0.1, 0.15) is 33.4 Å². The molecule has 4 nitrogen and oxygen atoms in total. The zero-order valence-electron chi connectivity index (χ0n) is 31.3. The molecule has 1 unspecified atom stereocenters. The molecule has 0 amide bonds. The lowest BCUT2D eigenvalue weighted by Crippen LogP contribution is -2.30. The molecule has 10 aromatic rings. The van der Waals surface area contributed by atoms with E-state index in [1.165, 1.54) is 38.9 Å². The zero-order valence-corrected chi connectivity index (χ0v) is 31.3. The van der Waals surface area contributed by atoms with E-state index in [1.807, 2.05) is 24.4 Å². The Labute approximate surface area is 335 Å². The molecule has 270 valence electrons. The third-order valence-electron chi connectivity index (χ3n) is 12.0. The van der Waals surface area contributed by atoms with Crippen LogP contribution in [0.5, 0.6) is 0 Å². The van der Waals surface area contributed by atoms with Crippen molar-refractivity contribution in [1.29, 1.82) is 0 Å². The van der Waals surface area contributed by atoms with Crippen molar-refractivity contribution in [2.45, 2.75) is 5.41 Å². The number of rotatable bonds is 4. The lowest BCUT2D eigenvalue weighted by molar-refractivity contribution is 0.668. The lowest BCUT2D eigenvalue weighted by atomic mass is 9.65. The predicted octanol–water partition coefficient (Wildman–Crippen LogP) is 13.3. The predicted molar refractivity (Wildman–Crippen MR) is 235 cm³/mol. The molecular formula is C54H33N3O. The first kappa shape index (κ1) is 32.5. The Morgan fingerprint density at radius 3 is 1.90 bits per heavy atom. The Morgan fingerprint density at radius 2 is 1.07 bits per heavy atom. The molecule has 1 spiro atoms. The molecule has 0 fully saturated rings. The zero-order chi connectivity index (χ0) is 38.2. The van der Waals surface area contributed by atoms with Crippen LogP contribution in [-0.2, 0) is 5.41 Å². The largest absolute Gasteiger partial charge is 0.456 e. The summed E-state index contributed by atoms with van der Waals surface area (Å²) < 4.78 is 6.50. The quantitative estimate of drug-likeness (QED) is 0.180. The van der Waals surface area contributed by atoms with Gasteiger partial charge in [-0.05, 0) is 92.0 Å². The third-order valence-corrected chi connectivity index (χ3v) is 12.0. The number of nitrogens with zero attached hydrogens (tertiary/aromatic N) is 3. The van der Waals surface area contributed by atoms with Gasteiger partial charge < -0.3 is 4.42 Å². The highest BCUT2D eigenvalue weighted by Gasteiger charge is 2.49. The van der Waals surface area contributed by atoms with E-state index in [9.17, 15) is 0 Å². The van der Waals surface area contributed by atoms with Crippen LogP contribution in [-0.4, -0.2) is 15.0 Å². The average Bonchev–Trinajstić information content (AvgIpc) is 3.75. The fraction of sp³-hybridized carbons (Fsp3) is 0.0185. The van der Waals surface area contributed by atoms with Crippen molar-refractivity contribution in [3.8, 4) is 56.2 Å². The van der Waals surface area contributed by atoms with E-state index in [4.69, 9.17) is 14.4 Å². The molecule has 0 saturated heterocycles. The van der Waals surface area contributed by atoms with Gasteiger partial charge in [0.1, 0.15) is 11.2 Å². The van der Waals surface area contributed by atoms with Crippen LogP contribution in [0.25, 0.3) is 90.2 Å². The summed E-state index contributed by atoms with van der Waals surface area (Å²) in [6, 6.07) is 62.7. The summed E-state index contributed by atoms with van der Waals surface area (Å²) in [6.45, 7) is 0. The summed E-state index contributed by atoms with van der Waals surface area (Å²) in [4.78, 5) is 15.0. The minimum atomic E-state index is -0.633. The standard InChI is InChI=1S/C54H33N3O/c1-2-12-37(13-3-1)49-32-50(38-25-20-34(21-26-38)40-14-10-28-55-33-40)57-53(56-49)39-27-24-36-23-22-35-11-4-7-17-45(35)54(47(36)29-39)46-18-8-5-15-41(46)43-31-52-44(30-48(43)54)42-16-6-9-19-51(42)58-52/h1-33H. The first-order valence-electron chi connectivity index (χ1n) is 19.7. The number of benzene rings is 7. The summed E-state index contributed by atoms with van der Waals surface area (Å²) in [5.41, 5.74) is 17.8. The SMILES string of the molecule is C1=Cc2ccc(-c3nc(-c4ccccc4)cc(-c4ccc(-c5cccnc5)cc4)n3)cc2C2(c3ccccc31)c1ccccc1-c1cc3oc4ccccc4c3cc12. The number of para-hydroxylation sites is 1. The molecule has 2 aliphatic carbocycles. The highest BCUT2D eigenvalue weighted by molar-refractivity contribution is 6.08. The molecule has 0 radical (unpaired) electrons. The Morgan fingerprint density at radius 1 is 0.397 bits per heavy atom. The molecule has 3 aromatic heterocycles. The Hall–Kier alpha value is -7.69. The van der Waals surface area contributed by atoms with Crippen LogP contribution in [0, 0.1) is 0 Å². The molecule has 0 saturated carbocycles. The van der Waals surface area contributed by atoms with Crippen LogP contribution in [0.3, 0.4) is 0 Å². The summed E-state index contributed by atoms with van der Waals surface area (Å²) in [5.74, 6) is 0.676. The minimum Gasteiger partial charge on any atom is -0.456 e. The van der Waals surface area contributed by atoms with Crippen LogP contribution in [0.15, 0.2) is 193 Å². The van der Waals surface area contributed by atoms with Crippen molar-refractivity contribution >= 4 is 34.1 Å². The summed E-state index contributed by atoms with van der Waals surface area (Å²) in [6.07, 6.45) is 8.24. The van der Waals surface area contributed by atoms with Gasteiger partial charge in [-0.1, -0.05) is 152 Å². The first-order valence-corrected chi connectivity index (χ1v) is 19.7. The fourth-order valence-electron chi connectivity index (χ4n) is 9.40. The van der Waals surface area contributed by atoms with E-state index >= 15 is 0 Å². The minimum absolute atomic E-state index is 0.633.